The third-order valence-electron chi connectivity index (χ3n) is 7.94. The molecule has 3 aliphatic rings. The summed E-state index contributed by atoms with van der Waals surface area (Å²) in [5, 5.41) is 5.39. The van der Waals surface area contributed by atoms with Crippen LogP contribution in [0.1, 0.15) is 88.8 Å². The maximum Gasteiger partial charge on any atom is 0.309 e. The Labute approximate surface area is 242 Å². The Morgan fingerprint density at radius 1 is 1.10 bits per heavy atom. The predicted molar refractivity (Wildman–Crippen MR) is 164 cm³/mol. The molecule has 0 atom stereocenters. The van der Waals surface area contributed by atoms with Crippen molar-refractivity contribution in [1.82, 2.24) is 5.01 Å². The van der Waals surface area contributed by atoms with Crippen molar-refractivity contribution in [3.8, 4) is 5.75 Å². The van der Waals surface area contributed by atoms with Gasteiger partial charge in [-0.25, -0.2) is 0 Å². The van der Waals surface area contributed by atoms with Crippen LogP contribution in [0.4, 0.5) is 10.5 Å². The van der Waals surface area contributed by atoms with Gasteiger partial charge in [0.25, 0.3) is 5.91 Å². The van der Waals surface area contributed by atoms with Crippen molar-refractivity contribution in [1.29, 1.82) is 0 Å². The number of aryl methyl sites for hydroxylation is 1. The Bertz CT molecular complexity index is 1310. The van der Waals surface area contributed by atoms with E-state index in [0.717, 1.165) is 71.3 Å². The molecule has 1 fully saturated rings. The van der Waals surface area contributed by atoms with Gasteiger partial charge in [0.2, 0.25) is 0 Å². The molecule has 0 saturated heterocycles. The molecule has 1 saturated carbocycles. The van der Waals surface area contributed by atoms with Gasteiger partial charge in [-0.1, -0.05) is 32.3 Å². The molecule has 1 aliphatic carbocycles. The molecule has 2 aromatic rings. The van der Waals surface area contributed by atoms with Crippen molar-refractivity contribution in [3.63, 3.8) is 0 Å². The number of amidine groups is 1. The Morgan fingerprint density at radius 3 is 2.55 bits per heavy atom. The number of hydrazone groups is 1. The smallest absolute Gasteiger partial charge is 0.309 e. The largest absolute Gasteiger partial charge is 0.497 e. The Hall–Kier alpha value is -3.13. The van der Waals surface area contributed by atoms with E-state index in [-0.39, 0.29) is 11.1 Å². The predicted octanol–water partition coefficient (Wildman–Crippen LogP) is 7.21. The number of aliphatic imine (C=N–C) groups is 1. The van der Waals surface area contributed by atoms with Crippen LogP contribution in [0.2, 0.25) is 0 Å². The molecule has 40 heavy (non-hydrogen) atoms. The van der Waals surface area contributed by atoms with Crippen LogP contribution < -0.4 is 9.64 Å². The molecular weight excluding hydrogens is 520 g/mol. The van der Waals surface area contributed by atoms with E-state index in [9.17, 15) is 9.59 Å². The van der Waals surface area contributed by atoms with E-state index in [0.29, 0.717) is 18.9 Å². The lowest BCUT2D eigenvalue weighted by atomic mass is 9.92. The number of imide groups is 1. The molecule has 0 aromatic heterocycles. The van der Waals surface area contributed by atoms with Gasteiger partial charge in [0.05, 0.1) is 23.6 Å². The number of anilines is 1. The van der Waals surface area contributed by atoms with Crippen LogP contribution in [0.3, 0.4) is 0 Å². The Morgan fingerprint density at radius 2 is 1.85 bits per heavy atom. The van der Waals surface area contributed by atoms with Gasteiger partial charge < -0.3 is 9.64 Å². The number of carbonyl (C=O) groups excluding carboxylic acids is 2. The molecule has 7 nitrogen and oxygen atoms in total. The zero-order valence-electron chi connectivity index (χ0n) is 24.1. The average Bonchev–Trinajstić information content (AvgIpc) is 2.96. The number of benzene rings is 2. The van der Waals surface area contributed by atoms with Crippen molar-refractivity contribution in [2.45, 2.75) is 89.3 Å². The second-order valence-electron chi connectivity index (χ2n) is 11.4. The molecule has 8 heteroatoms. The summed E-state index contributed by atoms with van der Waals surface area (Å²) < 4.78 is 4.88. The lowest BCUT2D eigenvalue weighted by molar-refractivity contribution is -0.127. The lowest BCUT2D eigenvalue weighted by Crippen LogP contribution is -2.43. The Kier molecular flexibility index (Phi) is 8.64. The highest BCUT2D eigenvalue weighted by molar-refractivity contribution is 8.15. The summed E-state index contributed by atoms with van der Waals surface area (Å²) in [5.41, 5.74) is 5.21. The van der Waals surface area contributed by atoms with Gasteiger partial charge in [-0.3, -0.25) is 14.6 Å². The van der Waals surface area contributed by atoms with Crippen LogP contribution in [0, 0.1) is 0 Å². The summed E-state index contributed by atoms with van der Waals surface area (Å²) in [4.78, 5) is 33.1. The fourth-order valence-corrected chi connectivity index (χ4v) is 6.76. The summed E-state index contributed by atoms with van der Waals surface area (Å²) in [5.74, 6) is 1.61. The minimum Gasteiger partial charge on any atom is -0.497 e. The number of thioether (sulfide) groups is 1. The third kappa shape index (κ3) is 5.97. The summed E-state index contributed by atoms with van der Waals surface area (Å²) in [6.45, 7) is 6.84. The minimum absolute atomic E-state index is 0.250. The average molecular weight is 561 g/mol. The van der Waals surface area contributed by atoms with Crippen LogP contribution in [0.5, 0.6) is 5.75 Å². The second kappa shape index (κ2) is 12.2. The molecule has 2 aliphatic heterocycles. The topological polar surface area (TPSA) is 74.6 Å². The molecular formula is C32H40N4O3S. The van der Waals surface area contributed by atoms with E-state index in [2.05, 4.69) is 40.3 Å². The number of nitrogens with zero attached hydrogens (tertiary/aromatic N) is 4. The van der Waals surface area contributed by atoms with Gasteiger partial charge in [0, 0.05) is 24.2 Å². The molecule has 0 bridgehead atoms. The summed E-state index contributed by atoms with van der Waals surface area (Å²) in [6, 6.07) is 15.0. The van der Waals surface area contributed by atoms with E-state index in [1.165, 1.54) is 36.6 Å². The van der Waals surface area contributed by atoms with Crippen LogP contribution in [0.15, 0.2) is 52.6 Å². The van der Waals surface area contributed by atoms with Gasteiger partial charge in [-0.2, -0.15) is 10.1 Å². The highest BCUT2D eigenvalue weighted by atomic mass is 32.2. The van der Waals surface area contributed by atoms with Crippen molar-refractivity contribution < 1.29 is 14.3 Å². The lowest BCUT2D eigenvalue weighted by Gasteiger charge is -2.35. The number of rotatable bonds is 6. The zero-order valence-corrected chi connectivity index (χ0v) is 24.9. The normalized spacial score (nSPS) is 19.8. The van der Waals surface area contributed by atoms with Crippen LogP contribution >= 0.6 is 11.8 Å². The van der Waals surface area contributed by atoms with Gasteiger partial charge in [-0.15, -0.1) is 0 Å². The number of fused-ring (bicyclic) bond motifs is 1. The molecule has 0 spiro atoms. The fraction of sp³-hybridized carbons (Fsp3) is 0.500. The van der Waals surface area contributed by atoms with Gasteiger partial charge in [0.15, 0.2) is 0 Å². The van der Waals surface area contributed by atoms with Crippen molar-refractivity contribution in [2.75, 3.05) is 18.6 Å². The van der Waals surface area contributed by atoms with Crippen molar-refractivity contribution >= 4 is 40.1 Å². The maximum atomic E-state index is 12.7. The van der Waals surface area contributed by atoms with E-state index >= 15 is 0 Å². The van der Waals surface area contributed by atoms with Crippen LogP contribution in [-0.2, 0) is 11.2 Å². The number of ether oxygens (including phenoxy) is 1. The Balaban J connectivity index is 1.53. The first-order valence-corrected chi connectivity index (χ1v) is 15.4. The number of methoxy groups -OCH3 is 1. The van der Waals surface area contributed by atoms with Crippen molar-refractivity contribution in [2.24, 2.45) is 10.1 Å². The highest BCUT2D eigenvalue weighted by Gasteiger charge is 2.40. The summed E-state index contributed by atoms with van der Waals surface area (Å²) in [6.07, 6.45) is 8.99. The van der Waals surface area contributed by atoms with E-state index in [1.807, 2.05) is 32.9 Å². The van der Waals surface area contributed by atoms with Gasteiger partial charge in [0.1, 0.15) is 11.6 Å². The molecule has 5 rings (SSSR count). The molecule has 2 heterocycles. The molecule has 2 aromatic carbocycles. The highest BCUT2D eigenvalue weighted by Crippen LogP contribution is 2.38. The SMILES string of the molecule is CCCC(=O)N1N=C(c2ccc3c(c2)CCCN3C(=NC2CCCCC2)c2ccc(OC)cc2)C(C)(C)SC1=O. The molecule has 2 amide bonds. The standard InChI is InChI=1S/C32H40N4O3S/c1-5-10-28(37)36-31(38)40-32(2,3)29(34-36)24-16-19-27-23(21-24)11-9-20-35(27)30(33-25-12-7-6-8-13-25)22-14-17-26(39-4)18-15-22/h14-19,21,25H,5-13,20H2,1-4H3. The first-order valence-electron chi connectivity index (χ1n) is 14.6. The van der Waals surface area contributed by atoms with Crippen molar-refractivity contribution in [3.05, 3.63) is 59.2 Å². The quantitative estimate of drug-likeness (QED) is 0.276. The maximum absolute atomic E-state index is 12.7. The molecule has 212 valence electrons. The van der Waals surface area contributed by atoms with E-state index in [1.54, 1.807) is 7.11 Å². The summed E-state index contributed by atoms with van der Waals surface area (Å²) in [7, 11) is 1.69. The first kappa shape index (κ1) is 28.4. The number of hydrogen-bond donors (Lipinski definition) is 0. The fourth-order valence-electron chi connectivity index (χ4n) is 5.84. The second-order valence-corrected chi connectivity index (χ2v) is 12.9. The van der Waals surface area contributed by atoms with E-state index < -0.39 is 4.75 Å². The van der Waals surface area contributed by atoms with Gasteiger partial charge in [-0.05, 0) is 105 Å². The number of carbonyl (C=O) groups is 2. The first-order chi connectivity index (χ1) is 19.3. The van der Waals surface area contributed by atoms with Crippen LogP contribution in [0.25, 0.3) is 0 Å². The zero-order chi connectivity index (χ0) is 28.3. The molecule has 0 N–H and O–H groups in total. The third-order valence-corrected chi connectivity index (χ3v) is 8.99. The molecule has 0 unspecified atom stereocenters. The monoisotopic (exact) mass is 560 g/mol. The summed E-state index contributed by atoms with van der Waals surface area (Å²) >= 11 is 1.17. The number of amides is 2. The van der Waals surface area contributed by atoms with E-state index in [4.69, 9.17) is 9.73 Å². The molecule has 0 radical (unpaired) electrons. The van der Waals surface area contributed by atoms with Gasteiger partial charge >= 0.3 is 5.24 Å². The van der Waals surface area contributed by atoms with Crippen LogP contribution in [-0.4, -0.2) is 52.1 Å². The number of hydrogen-bond acceptors (Lipinski definition) is 6. The minimum atomic E-state index is -0.542.